The second-order valence-corrected chi connectivity index (χ2v) is 3.65. The number of nitrogens with one attached hydrogen (secondary N) is 1. The maximum Gasteiger partial charge on any atom is 0.0101 e. The van der Waals surface area contributed by atoms with Crippen LogP contribution in [0.15, 0.2) is 0 Å². The van der Waals surface area contributed by atoms with E-state index in [1.54, 1.807) is 0 Å². The van der Waals surface area contributed by atoms with Crippen LogP contribution >= 0.6 is 0 Å². The maximum absolute atomic E-state index is 3.45. The van der Waals surface area contributed by atoms with Crippen LogP contribution in [0.4, 0.5) is 0 Å². The summed E-state index contributed by atoms with van der Waals surface area (Å²) in [4.78, 5) is 2.35. The van der Waals surface area contributed by atoms with Crippen LogP contribution in [0.25, 0.3) is 0 Å². The topological polar surface area (TPSA) is 15.3 Å². The summed E-state index contributed by atoms with van der Waals surface area (Å²) in [7, 11) is 4.37. The fraction of sp³-hybridized carbons (Fsp3) is 1.00. The van der Waals surface area contributed by atoms with Gasteiger partial charge in [-0.15, -0.1) is 0 Å². The normalized spacial score (nSPS) is 28.1. The minimum atomic E-state index is 0.808. The molecule has 1 fully saturated rings. The highest BCUT2D eigenvalue weighted by atomic mass is 15.1. The van der Waals surface area contributed by atoms with E-state index in [4.69, 9.17) is 0 Å². The maximum atomic E-state index is 3.45. The molecule has 11 heavy (non-hydrogen) atoms. The summed E-state index contributed by atoms with van der Waals surface area (Å²) < 4.78 is 0. The van der Waals surface area contributed by atoms with Crippen LogP contribution in [0.5, 0.6) is 0 Å². The third-order valence-electron chi connectivity index (χ3n) is 2.53. The van der Waals surface area contributed by atoms with Crippen molar-refractivity contribution >= 4 is 0 Å². The Morgan fingerprint density at radius 2 is 1.91 bits per heavy atom. The molecule has 1 N–H and O–H groups in total. The molecule has 2 nitrogen and oxygen atoms in total. The molecule has 0 aliphatic carbocycles. The summed E-state index contributed by atoms with van der Waals surface area (Å²) in [6.07, 6.45) is 5.43. The van der Waals surface area contributed by atoms with E-state index in [0.29, 0.717) is 0 Å². The van der Waals surface area contributed by atoms with Gasteiger partial charge in [-0.1, -0.05) is 6.42 Å². The van der Waals surface area contributed by atoms with Crippen molar-refractivity contribution in [2.75, 3.05) is 27.2 Å². The van der Waals surface area contributed by atoms with Crippen molar-refractivity contribution in [1.29, 1.82) is 0 Å². The Balaban J connectivity index is 2.26. The van der Waals surface area contributed by atoms with Crippen molar-refractivity contribution in [1.82, 2.24) is 10.2 Å². The van der Waals surface area contributed by atoms with E-state index < -0.39 is 0 Å². The molecular formula is C9H20N2. The van der Waals surface area contributed by atoms with Gasteiger partial charge in [-0.05, 0) is 46.4 Å². The highest BCUT2D eigenvalue weighted by Crippen LogP contribution is 2.10. The molecule has 1 rings (SSSR count). The molecular weight excluding hydrogens is 136 g/mol. The molecule has 1 aliphatic rings. The molecule has 0 aromatic heterocycles. The van der Waals surface area contributed by atoms with Crippen LogP contribution in [0.2, 0.25) is 0 Å². The van der Waals surface area contributed by atoms with Crippen LogP contribution in [0.1, 0.15) is 25.7 Å². The smallest absolute Gasteiger partial charge is 0.0101 e. The average molecular weight is 156 g/mol. The van der Waals surface area contributed by atoms with E-state index in [1.807, 2.05) is 0 Å². The molecule has 66 valence electrons. The van der Waals surface area contributed by atoms with Crippen molar-refractivity contribution in [3.63, 3.8) is 0 Å². The van der Waals surface area contributed by atoms with Crippen LogP contribution in [0.3, 0.4) is 0 Å². The van der Waals surface area contributed by atoms with Crippen molar-refractivity contribution in [2.24, 2.45) is 0 Å². The quantitative estimate of drug-likeness (QED) is 0.611. The Labute approximate surface area is 70.0 Å². The van der Waals surface area contributed by atoms with E-state index in [1.165, 1.54) is 38.8 Å². The summed E-state index contributed by atoms with van der Waals surface area (Å²) in [6.45, 7) is 2.42. The Hall–Kier alpha value is -0.0800. The lowest BCUT2D eigenvalue weighted by Gasteiger charge is -2.26. The molecule has 1 atom stereocenters. The van der Waals surface area contributed by atoms with Gasteiger partial charge in [0.1, 0.15) is 0 Å². The lowest BCUT2D eigenvalue weighted by molar-refractivity contribution is 0.247. The number of nitrogens with zero attached hydrogens (tertiary/aromatic N) is 1. The third kappa shape index (κ3) is 3.21. The molecule has 0 aromatic carbocycles. The zero-order valence-electron chi connectivity index (χ0n) is 7.77. The van der Waals surface area contributed by atoms with E-state index in [9.17, 15) is 0 Å². The van der Waals surface area contributed by atoms with Gasteiger partial charge in [0, 0.05) is 6.04 Å². The molecule has 0 amide bonds. The molecule has 0 spiro atoms. The standard InChI is InChI=1S/C9H20N2/c1-11(2)9-5-3-4-7-10-8-6-9/h9-10H,3-8H2,1-2H3/t9-/m1/s1. The van der Waals surface area contributed by atoms with E-state index >= 15 is 0 Å². The van der Waals surface area contributed by atoms with Gasteiger partial charge in [0.25, 0.3) is 0 Å². The zero-order valence-corrected chi connectivity index (χ0v) is 7.77. The summed E-state index contributed by atoms with van der Waals surface area (Å²) in [5.74, 6) is 0. The van der Waals surface area contributed by atoms with Crippen molar-refractivity contribution in [3.05, 3.63) is 0 Å². The number of hydrogen-bond donors (Lipinski definition) is 1. The minimum Gasteiger partial charge on any atom is -0.317 e. The van der Waals surface area contributed by atoms with Crippen molar-refractivity contribution in [3.8, 4) is 0 Å². The van der Waals surface area contributed by atoms with Gasteiger partial charge in [-0.2, -0.15) is 0 Å². The minimum absolute atomic E-state index is 0.808. The summed E-state index contributed by atoms with van der Waals surface area (Å²) >= 11 is 0. The monoisotopic (exact) mass is 156 g/mol. The van der Waals surface area contributed by atoms with E-state index in [-0.39, 0.29) is 0 Å². The second-order valence-electron chi connectivity index (χ2n) is 3.65. The highest BCUT2D eigenvalue weighted by Gasteiger charge is 2.11. The summed E-state index contributed by atoms with van der Waals surface area (Å²) in [5, 5.41) is 3.45. The van der Waals surface area contributed by atoms with E-state index in [0.717, 1.165) is 6.04 Å². The Morgan fingerprint density at radius 3 is 2.64 bits per heavy atom. The molecule has 1 heterocycles. The van der Waals surface area contributed by atoms with Gasteiger partial charge in [0.15, 0.2) is 0 Å². The Morgan fingerprint density at radius 1 is 1.09 bits per heavy atom. The fourth-order valence-electron chi connectivity index (χ4n) is 1.68. The molecule has 0 bridgehead atoms. The van der Waals surface area contributed by atoms with Crippen LogP contribution in [-0.4, -0.2) is 38.1 Å². The molecule has 2 heteroatoms. The average Bonchev–Trinajstić information content (AvgIpc) is 1.84. The largest absolute Gasteiger partial charge is 0.317 e. The van der Waals surface area contributed by atoms with Gasteiger partial charge >= 0.3 is 0 Å². The summed E-state index contributed by atoms with van der Waals surface area (Å²) in [6, 6.07) is 0.808. The number of rotatable bonds is 1. The predicted molar refractivity (Wildman–Crippen MR) is 48.8 cm³/mol. The number of hydrogen-bond acceptors (Lipinski definition) is 2. The van der Waals surface area contributed by atoms with Crippen LogP contribution < -0.4 is 5.32 Å². The fourth-order valence-corrected chi connectivity index (χ4v) is 1.68. The first-order valence-corrected chi connectivity index (χ1v) is 4.68. The van der Waals surface area contributed by atoms with Crippen molar-refractivity contribution in [2.45, 2.75) is 31.7 Å². The zero-order chi connectivity index (χ0) is 8.10. The first kappa shape index (κ1) is 9.01. The van der Waals surface area contributed by atoms with Crippen molar-refractivity contribution < 1.29 is 0 Å². The predicted octanol–water partition coefficient (Wildman–Crippen LogP) is 1.08. The Kier molecular flexibility index (Phi) is 3.87. The molecule has 0 unspecified atom stereocenters. The molecule has 0 aromatic rings. The van der Waals surface area contributed by atoms with Crippen LogP contribution in [0, 0.1) is 0 Å². The SMILES string of the molecule is CN(C)[C@@H]1CCCCNCC1. The first-order chi connectivity index (χ1) is 5.30. The lowest BCUT2D eigenvalue weighted by Crippen LogP contribution is -2.33. The van der Waals surface area contributed by atoms with Gasteiger partial charge < -0.3 is 10.2 Å². The molecule has 0 radical (unpaired) electrons. The molecule has 0 saturated carbocycles. The van der Waals surface area contributed by atoms with E-state index in [2.05, 4.69) is 24.3 Å². The highest BCUT2D eigenvalue weighted by molar-refractivity contribution is 4.70. The first-order valence-electron chi connectivity index (χ1n) is 4.68. The van der Waals surface area contributed by atoms with Gasteiger partial charge in [-0.3, -0.25) is 0 Å². The van der Waals surface area contributed by atoms with Crippen LogP contribution in [-0.2, 0) is 0 Å². The van der Waals surface area contributed by atoms with Gasteiger partial charge in [0.05, 0.1) is 0 Å². The van der Waals surface area contributed by atoms with Gasteiger partial charge in [0.2, 0.25) is 0 Å². The molecule has 1 saturated heterocycles. The summed E-state index contributed by atoms with van der Waals surface area (Å²) in [5.41, 5.74) is 0. The van der Waals surface area contributed by atoms with Gasteiger partial charge in [-0.25, -0.2) is 0 Å². The lowest BCUT2D eigenvalue weighted by atomic mass is 10.0. The Bertz CT molecular complexity index is 93.7. The third-order valence-corrected chi connectivity index (χ3v) is 2.53. The molecule has 1 aliphatic heterocycles. The second kappa shape index (κ2) is 4.73.